The van der Waals surface area contributed by atoms with Crippen LogP contribution in [0.5, 0.6) is 0 Å². The Bertz CT molecular complexity index is 394. The van der Waals surface area contributed by atoms with Crippen molar-refractivity contribution in [2.45, 2.75) is 46.0 Å². The molecular weight excluding hydrogens is 261 g/mol. The first-order chi connectivity index (χ1) is 9.08. The van der Waals surface area contributed by atoms with E-state index >= 15 is 0 Å². The molecule has 1 rings (SSSR count). The van der Waals surface area contributed by atoms with Gasteiger partial charge in [0.25, 0.3) is 0 Å². The first kappa shape index (κ1) is 16.5. The van der Waals surface area contributed by atoms with Crippen molar-refractivity contribution in [3.05, 3.63) is 34.6 Å². The largest absolute Gasteiger partial charge is 0.319 e. The Kier molecular flexibility index (Phi) is 6.81. The van der Waals surface area contributed by atoms with E-state index in [-0.39, 0.29) is 16.3 Å². The van der Waals surface area contributed by atoms with Gasteiger partial charge in [-0.1, -0.05) is 50.4 Å². The number of rotatable bonds is 8. The summed E-state index contributed by atoms with van der Waals surface area (Å²) in [7, 11) is 1.96. The molecule has 3 heteroatoms. The summed E-state index contributed by atoms with van der Waals surface area (Å²) < 4.78 is 14.1. The molecule has 19 heavy (non-hydrogen) atoms. The second kappa shape index (κ2) is 7.86. The van der Waals surface area contributed by atoms with Crippen molar-refractivity contribution in [2.75, 3.05) is 13.6 Å². The van der Waals surface area contributed by atoms with E-state index in [0.29, 0.717) is 0 Å². The van der Waals surface area contributed by atoms with Crippen molar-refractivity contribution in [1.82, 2.24) is 5.32 Å². The second-order valence-electron chi connectivity index (χ2n) is 5.38. The normalized spacial score (nSPS) is 14.4. The second-order valence-corrected chi connectivity index (χ2v) is 5.78. The molecule has 1 unspecified atom stereocenters. The van der Waals surface area contributed by atoms with E-state index in [9.17, 15) is 4.39 Å². The monoisotopic (exact) mass is 285 g/mol. The molecule has 0 aromatic heterocycles. The predicted octanol–water partition coefficient (Wildman–Crippen LogP) is 4.83. The van der Waals surface area contributed by atoms with E-state index in [1.807, 2.05) is 19.2 Å². The number of unbranched alkanes of at least 4 members (excludes halogenated alkanes) is 1. The van der Waals surface area contributed by atoms with Crippen molar-refractivity contribution in [3.8, 4) is 0 Å². The molecule has 0 saturated heterocycles. The maximum absolute atomic E-state index is 14.1. The number of hydrogen-bond donors (Lipinski definition) is 1. The summed E-state index contributed by atoms with van der Waals surface area (Å²) in [6, 6.07) is 5.30. The van der Waals surface area contributed by atoms with Crippen LogP contribution in [0.25, 0.3) is 0 Å². The van der Waals surface area contributed by atoms with Crippen molar-refractivity contribution in [1.29, 1.82) is 0 Å². The van der Waals surface area contributed by atoms with Crippen LogP contribution in [0.2, 0.25) is 5.02 Å². The van der Waals surface area contributed by atoms with Gasteiger partial charge in [-0.05, 0) is 43.4 Å². The van der Waals surface area contributed by atoms with Crippen LogP contribution in [0.3, 0.4) is 0 Å². The smallest absolute Gasteiger partial charge is 0.144 e. The molecule has 1 N–H and O–H groups in total. The first-order valence-corrected chi connectivity index (χ1v) is 7.54. The molecule has 0 heterocycles. The number of halogens is 2. The average molecular weight is 286 g/mol. The molecule has 0 amide bonds. The first-order valence-electron chi connectivity index (χ1n) is 7.16. The van der Waals surface area contributed by atoms with E-state index in [4.69, 9.17) is 11.6 Å². The van der Waals surface area contributed by atoms with Gasteiger partial charge in [0.05, 0.1) is 5.02 Å². The molecule has 0 radical (unpaired) electrons. The van der Waals surface area contributed by atoms with E-state index in [2.05, 4.69) is 19.2 Å². The van der Waals surface area contributed by atoms with Gasteiger partial charge >= 0.3 is 0 Å². The van der Waals surface area contributed by atoms with Crippen LogP contribution in [0, 0.1) is 11.2 Å². The van der Waals surface area contributed by atoms with Gasteiger partial charge in [0.15, 0.2) is 0 Å². The average Bonchev–Trinajstić information content (AvgIpc) is 2.41. The summed E-state index contributed by atoms with van der Waals surface area (Å²) in [5, 5.41) is 3.49. The summed E-state index contributed by atoms with van der Waals surface area (Å²) in [5.41, 5.74) is 0.858. The van der Waals surface area contributed by atoms with Crippen LogP contribution >= 0.6 is 11.6 Å². The zero-order chi connectivity index (χ0) is 14.3. The summed E-state index contributed by atoms with van der Waals surface area (Å²) in [6.07, 6.45) is 5.25. The highest BCUT2D eigenvalue weighted by atomic mass is 35.5. The lowest BCUT2D eigenvalue weighted by atomic mass is 9.75. The molecule has 0 saturated carbocycles. The fourth-order valence-corrected chi connectivity index (χ4v) is 2.88. The topological polar surface area (TPSA) is 12.0 Å². The lowest BCUT2D eigenvalue weighted by Crippen LogP contribution is -2.34. The van der Waals surface area contributed by atoms with Crippen LogP contribution in [-0.2, 0) is 6.42 Å². The molecule has 0 bridgehead atoms. The van der Waals surface area contributed by atoms with Crippen molar-refractivity contribution < 1.29 is 4.39 Å². The van der Waals surface area contributed by atoms with E-state index < -0.39 is 0 Å². The quantitative estimate of drug-likeness (QED) is 0.721. The summed E-state index contributed by atoms with van der Waals surface area (Å²) >= 11 is 5.88. The Morgan fingerprint density at radius 1 is 1.32 bits per heavy atom. The SMILES string of the molecule is CCCCC(CC)(CNC)Cc1cccc(Cl)c1F. The predicted molar refractivity (Wildman–Crippen MR) is 81.3 cm³/mol. The fourth-order valence-electron chi connectivity index (χ4n) is 2.68. The Morgan fingerprint density at radius 2 is 2.05 bits per heavy atom. The third-order valence-corrected chi connectivity index (χ3v) is 4.25. The maximum Gasteiger partial charge on any atom is 0.144 e. The lowest BCUT2D eigenvalue weighted by molar-refractivity contribution is 0.232. The van der Waals surface area contributed by atoms with Gasteiger partial charge in [0.2, 0.25) is 0 Å². The molecule has 1 aromatic rings. The van der Waals surface area contributed by atoms with E-state index in [1.165, 1.54) is 12.8 Å². The van der Waals surface area contributed by atoms with Gasteiger partial charge in [-0.25, -0.2) is 4.39 Å². The minimum Gasteiger partial charge on any atom is -0.319 e. The van der Waals surface area contributed by atoms with Gasteiger partial charge < -0.3 is 5.32 Å². The molecular formula is C16H25ClFN. The van der Waals surface area contributed by atoms with Gasteiger partial charge in [-0.15, -0.1) is 0 Å². The fraction of sp³-hybridized carbons (Fsp3) is 0.625. The van der Waals surface area contributed by atoms with Crippen LogP contribution < -0.4 is 5.32 Å². The number of benzene rings is 1. The third-order valence-electron chi connectivity index (χ3n) is 3.96. The Hall–Kier alpha value is -0.600. The Balaban J connectivity index is 2.95. The van der Waals surface area contributed by atoms with Crippen molar-refractivity contribution >= 4 is 11.6 Å². The van der Waals surface area contributed by atoms with Gasteiger partial charge in [0, 0.05) is 6.54 Å². The zero-order valence-electron chi connectivity index (χ0n) is 12.2. The Labute approximate surface area is 121 Å². The molecule has 0 aliphatic heterocycles. The highest BCUT2D eigenvalue weighted by Gasteiger charge is 2.28. The zero-order valence-corrected chi connectivity index (χ0v) is 13.0. The number of nitrogens with one attached hydrogen (secondary N) is 1. The van der Waals surface area contributed by atoms with E-state index in [0.717, 1.165) is 31.4 Å². The summed E-state index contributed by atoms with van der Waals surface area (Å²) in [6.45, 7) is 5.30. The third kappa shape index (κ3) is 4.47. The van der Waals surface area contributed by atoms with Crippen LogP contribution in [0.4, 0.5) is 4.39 Å². The van der Waals surface area contributed by atoms with Gasteiger partial charge in [0.1, 0.15) is 5.82 Å². The molecule has 0 spiro atoms. The summed E-state index contributed by atoms with van der Waals surface area (Å²) in [5.74, 6) is -0.255. The van der Waals surface area contributed by atoms with Crippen LogP contribution in [0.15, 0.2) is 18.2 Å². The standard InChI is InChI=1S/C16H25ClFN/c1-4-6-10-16(5-2,12-19-3)11-13-8-7-9-14(17)15(13)18/h7-9,19H,4-6,10-12H2,1-3H3. The Morgan fingerprint density at radius 3 is 2.63 bits per heavy atom. The minimum absolute atomic E-state index is 0.121. The lowest BCUT2D eigenvalue weighted by Gasteiger charge is -2.33. The van der Waals surface area contributed by atoms with Gasteiger partial charge in [-0.3, -0.25) is 0 Å². The number of hydrogen-bond acceptors (Lipinski definition) is 1. The summed E-state index contributed by atoms with van der Waals surface area (Å²) in [4.78, 5) is 0. The molecule has 0 fully saturated rings. The molecule has 0 aliphatic rings. The van der Waals surface area contributed by atoms with Crippen LogP contribution in [-0.4, -0.2) is 13.6 Å². The van der Waals surface area contributed by atoms with Gasteiger partial charge in [-0.2, -0.15) is 0 Å². The van der Waals surface area contributed by atoms with Crippen LogP contribution in [0.1, 0.15) is 45.1 Å². The molecule has 1 aromatic carbocycles. The molecule has 0 aliphatic carbocycles. The van der Waals surface area contributed by atoms with Crippen molar-refractivity contribution in [3.63, 3.8) is 0 Å². The molecule has 1 atom stereocenters. The minimum atomic E-state index is -0.255. The molecule has 108 valence electrons. The van der Waals surface area contributed by atoms with Crippen molar-refractivity contribution in [2.24, 2.45) is 5.41 Å². The highest BCUT2D eigenvalue weighted by molar-refractivity contribution is 6.30. The highest BCUT2D eigenvalue weighted by Crippen LogP contribution is 2.34. The maximum atomic E-state index is 14.1. The van der Waals surface area contributed by atoms with E-state index in [1.54, 1.807) is 6.07 Å². The molecule has 1 nitrogen and oxygen atoms in total.